The van der Waals surface area contributed by atoms with E-state index >= 15 is 0 Å². The minimum Gasteiger partial charge on any atom is -0.508 e. The number of phenols is 1. The summed E-state index contributed by atoms with van der Waals surface area (Å²) in [5, 5.41) is 21.9. The summed E-state index contributed by atoms with van der Waals surface area (Å²) < 4.78 is 5.29. The lowest BCUT2D eigenvalue weighted by Gasteiger charge is -2.25. The summed E-state index contributed by atoms with van der Waals surface area (Å²) in [6, 6.07) is 4.93. The van der Waals surface area contributed by atoms with Crippen LogP contribution < -0.4 is 5.32 Å². The Morgan fingerprint density at radius 3 is 2.31 bits per heavy atom. The number of carboxylic acid groups (broad SMARTS) is 1. The van der Waals surface area contributed by atoms with Crippen LogP contribution in [0, 0.1) is 5.92 Å². The molecule has 0 fully saturated rings. The maximum atomic E-state index is 12.1. The van der Waals surface area contributed by atoms with Gasteiger partial charge in [0.25, 0.3) is 0 Å². The summed E-state index contributed by atoms with van der Waals surface area (Å²) >= 11 is 0. The van der Waals surface area contributed by atoms with Crippen molar-refractivity contribution in [3.63, 3.8) is 0 Å². The van der Waals surface area contributed by atoms with Crippen molar-refractivity contribution in [1.82, 2.24) is 5.32 Å². The third-order valence-corrected chi connectivity index (χ3v) is 3.98. The molecule has 0 bridgehead atoms. The van der Waals surface area contributed by atoms with Gasteiger partial charge in [0.2, 0.25) is 0 Å². The largest absolute Gasteiger partial charge is 0.508 e. The van der Waals surface area contributed by atoms with Gasteiger partial charge in [-0.15, -0.1) is 0 Å². The lowest BCUT2D eigenvalue weighted by atomic mass is 9.93. The van der Waals surface area contributed by atoms with E-state index in [2.05, 4.69) is 5.32 Å². The van der Waals surface area contributed by atoms with Crippen molar-refractivity contribution >= 4 is 12.1 Å². The van der Waals surface area contributed by atoms with Gasteiger partial charge >= 0.3 is 12.1 Å². The van der Waals surface area contributed by atoms with Crippen molar-refractivity contribution in [3.05, 3.63) is 29.3 Å². The Morgan fingerprint density at radius 2 is 1.81 bits per heavy atom. The van der Waals surface area contributed by atoms with Gasteiger partial charge in [0.1, 0.15) is 11.4 Å². The first kappa shape index (κ1) is 21.8. The van der Waals surface area contributed by atoms with Crippen LogP contribution in [0.5, 0.6) is 5.75 Å². The molecule has 1 unspecified atom stereocenters. The molecule has 6 heteroatoms. The fourth-order valence-electron chi connectivity index (χ4n) is 2.67. The van der Waals surface area contributed by atoms with Crippen molar-refractivity contribution in [2.45, 2.75) is 71.9 Å². The standard InChI is InChI=1S/C20H31NO5/c1-12(2)16-11-14(7-8-17(16)22)10-15(9-13(3)18(23)24)21-19(25)26-20(4,5)6/h7-8,11-13,15,22H,9-10H2,1-6H3,(H,21,25)(H,23,24)/t13?,15-/m1/s1. The molecule has 0 saturated carbocycles. The molecule has 0 saturated heterocycles. The van der Waals surface area contributed by atoms with E-state index in [0.29, 0.717) is 6.42 Å². The van der Waals surface area contributed by atoms with E-state index in [9.17, 15) is 19.8 Å². The Morgan fingerprint density at radius 1 is 1.19 bits per heavy atom. The van der Waals surface area contributed by atoms with E-state index in [0.717, 1.165) is 11.1 Å². The molecule has 0 aliphatic rings. The van der Waals surface area contributed by atoms with Crippen molar-refractivity contribution < 1.29 is 24.5 Å². The number of ether oxygens (including phenoxy) is 1. The van der Waals surface area contributed by atoms with Crippen LogP contribution in [0.25, 0.3) is 0 Å². The molecule has 26 heavy (non-hydrogen) atoms. The zero-order chi connectivity index (χ0) is 20.1. The van der Waals surface area contributed by atoms with E-state index in [-0.39, 0.29) is 24.1 Å². The van der Waals surface area contributed by atoms with Crippen molar-refractivity contribution in [2.24, 2.45) is 5.92 Å². The second kappa shape index (κ2) is 8.92. The minimum absolute atomic E-state index is 0.158. The smallest absolute Gasteiger partial charge is 0.407 e. The first-order chi connectivity index (χ1) is 11.9. The van der Waals surface area contributed by atoms with Gasteiger partial charge in [0.05, 0.1) is 5.92 Å². The molecule has 1 rings (SSSR count). The van der Waals surface area contributed by atoms with Crippen LogP contribution in [0.2, 0.25) is 0 Å². The van der Waals surface area contributed by atoms with E-state index in [1.165, 1.54) is 0 Å². The molecule has 0 aliphatic carbocycles. The number of carbonyl (C=O) groups excluding carboxylic acids is 1. The maximum Gasteiger partial charge on any atom is 0.407 e. The number of carboxylic acids is 1. The zero-order valence-electron chi connectivity index (χ0n) is 16.5. The summed E-state index contributed by atoms with van der Waals surface area (Å²) in [5.41, 5.74) is 1.12. The zero-order valence-corrected chi connectivity index (χ0v) is 16.5. The fraction of sp³-hybridized carbons (Fsp3) is 0.600. The van der Waals surface area contributed by atoms with Gasteiger partial charge < -0.3 is 20.3 Å². The van der Waals surface area contributed by atoms with Crippen LogP contribution in [-0.2, 0) is 16.0 Å². The lowest BCUT2D eigenvalue weighted by Crippen LogP contribution is -2.41. The number of amides is 1. The fourth-order valence-corrected chi connectivity index (χ4v) is 2.67. The quantitative estimate of drug-likeness (QED) is 0.677. The predicted molar refractivity (Wildman–Crippen MR) is 100 cm³/mol. The molecule has 146 valence electrons. The van der Waals surface area contributed by atoms with Crippen LogP contribution in [0.1, 0.15) is 65.0 Å². The molecule has 1 amide bonds. The molecule has 0 aromatic heterocycles. The first-order valence-corrected chi connectivity index (χ1v) is 8.93. The molecule has 0 aliphatic heterocycles. The number of hydrogen-bond acceptors (Lipinski definition) is 4. The third-order valence-electron chi connectivity index (χ3n) is 3.98. The monoisotopic (exact) mass is 365 g/mol. The van der Waals surface area contributed by atoms with Crippen molar-refractivity contribution in [3.8, 4) is 5.75 Å². The Labute approximate surface area is 155 Å². The van der Waals surface area contributed by atoms with Crippen LogP contribution >= 0.6 is 0 Å². The maximum absolute atomic E-state index is 12.1. The molecule has 0 heterocycles. The van der Waals surface area contributed by atoms with Crippen LogP contribution in [0.3, 0.4) is 0 Å². The molecule has 2 atom stereocenters. The Kier molecular flexibility index (Phi) is 7.48. The summed E-state index contributed by atoms with van der Waals surface area (Å²) in [5.74, 6) is -1.12. The predicted octanol–water partition coefficient (Wildman–Crippen LogP) is 4.06. The molecular weight excluding hydrogens is 334 g/mol. The average Bonchev–Trinajstić information content (AvgIpc) is 2.46. The number of phenolic OH excluding ortho intramolecular Hbond substituents is 1. The third kappa shape index (κ3) is 7.33. The number of carbonyl (C=O) groups is 2. The Balaban J connectivity index is 2.96. The van der Waals surface area contributed by atoms with Crippen LogP contribution in [0.15, 0.2) is 18.2 Å². The molecule has 1 aromatic carbocycles. The molecule has 0 radical (unpaired) electrons. The normalized spacial score (nSPS) is 14.0. The average molecular weight is 365 g/mol. The van der Waals surface area contributed by atoms with Gasteiger partial charge in [0, 0.05) is 6.04 Å². The number of hydrogen-bond donors (Lipinski definition) is 3. The first-order valence-electron chi connectivity index (χ1n) is 8.93. The summed E-state index contributed by atoms with van der Waals surface area (Å²) in [6.07, 6.45) is 0.173. The van der Waals surface area contributed by atoms with Crippen LogP contribution in [-0.4, -0.2) is 33.9 Å². The van der Waals surface area contributed by atoms with Gasteiger partial charge in [-0.1, -0.05) is 32.9 Å². The second-order valence-corrected chi connectivity index (χ2v) is 8.07. The number of aliphatic carboxylic acids is 1. The summed E-state index contributed by atoms with van der Waals surface area (Å²) in [7, 11) is 0. The van der Waals surface area contributed by atoms with Crippen LogP contribution in [0.4, 0.5) is 4.79 Å². The Bertz CT molecular complexity index is 634. The highest BCUT2D eigenvalue weighted by atomic mass is 16.6. The number of aromatic hydroxyl groups is 1. The van der Waals surface area contributed by atoms with Crippen molar-refractivity contribution in [1.29, 1.82) is 0 Å². The van der Waals surface area contributed by atoms with E-state index in [1.54, 1.807) is 39.8 Å². The van der Waals surface area contributed by atoms with Crippen molar-refractivity contribution in [2.75, 3.05) is 0 Å². The molecule has 0 spiro atoms. The highest BCUT2D eigenvalue weighted by Gasteiger charge is 2.24. The van der Waals surface area contributed by atoms with Gasteiger partial charge in [-0.2, -0.15) is 0 Å². The molecule has 1 aromatic rings. The van der Waals surface area contributed by atoms with E-state index in [1.807, 2.05) is 19.9 Å². The van der Waals surface area contributed by atoms with E-state index in [4.69, 9.17) is 4.74 Å². The number of benzene rings is 1. The Hall–Kier alpha value is -2.24. The molecule has 3 N–H and O–H groups in total. The molecule has 6 nitrogen and oxygen atoms in total. The number of nitrogens with one attached hydrogen (secondary N) is 1. The number of rotatable bonds is 7. The second-order valence-electron chi connectivity index (χ2n) is 8.07. The minimum atomic E-state index is -0.908. The van der Waals surface area contributed by atoms with Gasteiger partial charge in [0.15, 0.2) is 0 Å². The van der Waals surface area contributed by atoms with Gasteiger partial charge in [-0.05, 0) is 56.7 Å². The lowest BCUT2D eigenvalue weighted by molar-refractivity contribution is -0.141. The number of alkyl carbamates (subject to hydrolysis) is 1. The molecular formula is C20H31NO5. The summed E-state index contributed by atoms with van der Waals surface area (Å²) in [4.78, 5) is 23.3. The highest BCUT2D eigenvalue weighted by Crippen LogP contribution is 2.27. The van der Waals surface area contributed by atoms with Gasteiger partial charge in [-0.25, -0.2) is 4.79 Å². The topological polar surface area (TPSA) is 95.9 Å². The summed E-state index contributed by atoms with van der Waals surface area (Å²) in [6.45, 7) is 10.9. The highest BCUT2D eigenvalue weighted by molar-refractivity contribution is 5.70. The van der Waals surface area contributed by atoms with Gasteiger partial charge in [-0.3, -0.25) is 4.79 Å². The SMILES string of the molecule is CC(C[C@H](Cc1ccc(O)c(C(C)C)c1)NC(=O)OC(C)(C)C)C(=O)O. The van der Waals surface area contributed by atoms with E-state index < -0.39 is 23.6 Å².